The maximum atomic E-state index is 10.0. The second kappa shape index (κ2) is 1.51. The maximum absolute atomic E-state index is 10.0. The largest absolute Gasteiger partial charge is 0.302 e. The van der Waals surface area contributed by atoms with Crippen LogP contribution in [0.15, 0.2) is 0 Å². The molecule has 0 N–H and O–H groups in total. The second-order valence-electron chi connectivity index (χ2n) is 2.07. The van der Waals surface area contributed by atoms with Crippen LogP contribution in [0, 0.1) is 0 Å². The highest BCUT2D eigenvalue weighted by Crippen LogP contribution is 2.35. The highest BCUT2D eigenvalue weighted by molar-refractivity contribution is 7.82. The molecule has 2 heteroatoms. The summed E-state index contributed by atoms with van der Waals surface area (Å²) in [5.41, 5.74) is 0. The Bertz CT molecular complexity index is 86.1. The lowest BCUT2D eigenvalue weighted by Gasteiger charge is -2.30. The Balaban J connectivity index is 2.43. The maximum Gasteiger partial charge on any atom is 0.135 e. The lowest BCUT2D eigenvalue weighted by molar-refractivity contribution is -0.111. The molecule has 0 aromatic carbocycles. The van der Waals surface area contributed by atoms with Gasteiger partial charge in [0.15, 0.2) is 0 Å². The average molecular weight is 116 g/mol. The first-order valence-corrected chi connectivity index (χ1v) is 2.90. The van der Waals surface area contributed by atoms with E-state index in [-0.39, 0.29) is 4.75 Å². The summed E-state index contributed by atoms with van der Waals surface area (Å²) in [5, 5.41) is 0. The Morgan fingerprint density at radius 2 is 2.14 bits per heavy atom. The van der Waals surface area contributed by atoms with Crippen LogP contribution in [-0.4, -0.2) is 11.0 Å². The fraction of sp³-hybridized carbons (Fsp3) is 0.800. The molecule has 1 fully saturated rings. The van der Waals surface area contributed by atoms with Crippen molar-refractivity contribution < 1.29 is 4.79 Å². The monoisotopic (exact) mass is 116 g/mol. The molecule has 0 spiro atoms. The number of carbonyl (C=O) groups excluding carboxylic acids is 1. The molecule has 1 rings (SSSR count). The number of hydrogen-bond acceptors (Lipinski definition) is 2. The van der Waals surface area contributed by atoms with E-state index >= 15 is 0 Å². The minimum absolute atomic E-state index is 0.222. The summed E-state index contributed by atoms with van der Waals surface area (Å²) in [6.07, 6.45) is 4.06. The van der Waals surface area contributed by atoms with Gasteiger partial charge >= 0.3 is 0 Å². The van der Waals surface area contributed by atoms with Gasteiger partial charge in [-0.25, -0.2) is 0 Å². The number of carbonyl (C=O) groups is 1. The van der Waals surface area contributed by atoms with Gasteiger partial charge in [0.05, 0.1) is 4.75 Å². The van der Waals surface area contributed by atoms with E-state index in [4.69, 9.17) is 0 Å². The Labute approximate surface area is 48.5 Å². The number of hydrogen-bond donors (Lipinski definition) is 1. The zero-order valence-electron chi connectivity index (χ0n) is 4.05. The van der Waals surface area contributed by atoms with E-state index in [1.54, 1.807) is 0 Å². The fourth-order valence-electron chi connectivity index (χ4n) is 0.657. The van der Waals surface area contributed by atoms with Crippen LogP contribution in [-0.2, 0) is 4.79 Å². The van der Waals surface area contributed by atoms with Gasteiger partial charge in [-0.3, -0.25) is 0 Å². The van der Waals surface area contributed by atoms with Crippen molar-refractivity contribution in [3.63, 3.8) is 0 Å². The van der Waals surface area contributed by atoms with Gasteiger partial charge in [-0.05, 0) is 19.3 Å². The van der Waals surface area contributed by atoms with Crippen LogP contribution in [0.2, 0.25) is 0 Å². The molecule has 0 aromatic heterocycles. The van der Waals surface area contributed by atoms with Gasteiger partial charge < -0.3 is 4.79 Å². The van der Waals surface area contributed by atoms with Crippen molar-refractivity contribution in [2.24, 2.45) is 0 Å². The molecular weight excluding hydrogens is 108 g/mol. The van der Waals surface area contributed by atoms with Gasteiger partial charge in [-0.1, -0.05) is 0 Å². The van der Waals surface area contributed by atoms with Crippen molar-refractivity contribution in [2.75, 3.05) is 0 Å². The summed E-state index contributed by atoms with van der Waals surface area (Å²) in [4.78, 5) is 10.0. The molecule has 0 heterocycles. The van der Waals surface area contributed by atoms with Crippen molar-refractivity contribution >= 4 is 18.9 Å². The molecule has 40 valence electrons. The summed E-state index contributed by atoms with van der Waals surface area (Å²) < 4.78 is -0.222. The molecule has 0 aliphatic heterocycles. The van der Waals surface area contributed by atoms with E-state index in [1.807, 2.05) is 0 Å². The van der Waals surface area contributed by atoms with E-state index in [9.17, 15) is 4.79 Å². The Morgan fingerprint density at radius 1 is 1.57 bits per heavy atom. The predicted octanol–water partition coefficient (Wildman–Crippen LogP) is 1.04. The van der Waals surface area contributed by atoms with Crippen molar-refractivity contribution in [1.82, 2.24) is 0 Å². The van der Waals surface area contributed by atoms with Crippen LogP contribution < -0.4 is 0 Å². The summed E-state index contributed by atoms with van der Waals surface area (Å²) in [6.45, 7) is 0. The Kier molecular flexibility index (Phi) is 1.11. The molecule has 0 radical (unpaired) electrons. The summed E-state index contributed by atoms with van der Waals surface area (Å²) in [7, 11) is 0. The van der Waals surface area contributed by atoms with E-state index in [0.717, 1.165) is 19.1 Å². The zero-order chi connectivity index (χ0) is 5.33. The van der Waals surface area contributed by atoms with Crippen LogP contribution in [0.5, 0.6) is 0 Å². The minimum atomic E-state index is -0.222. The molecule has 0 amide bonds. The highest BCUT2D eigenvalue weighted by Gasteiger charge is 2.31. The third-order valence-corrected chi connectivity index (χ3v) is 1.99. The topological polar surface area (TPSA) is 17.1 Å². The quantitative estimate of drug-likeness (QED) is 0.400. The number of aldehydes is 1. The molecule has 0 bridgehead atoms. The fourth-order valence-corrected chi connectivity index (χ4v) is 0.973. The van der Waals surface area contributed by atoms with Crippen LogP contribution in [0.1, 0.15) is 19.3 Å². The smallest absolute Gasteiger partial charge is 0.135 e. The normalized spacial score (nSPS) is 25.9. The predicted molar refractivity (Wildman–Crippen MR) is 31.6 cm³/mol. The molecule has 7 heavy (non-hydrogen) atoms. The number of rotatable bonds is 1. The van der Waals surface area contributed by atoms with Crippen LogP contribution >= 0.6 is 12.6 Å². The van der Waals surface area contributed by atoms with Crippen molar-refractivity contribution in [3.8, 4) is 0 Å². The van der Waals surface area contributed by atoms with Crippen LogP contribution in [0.3, 0.4) is 0 Å². The van der Waals surface area contributed by atoms with Gasteiger partial charge in [0.25, 0.3) is 0 Å². The molecule has 0 saturated heterocycles. The Morgan fingerprint density at radius 3 is 2.14 bits per heavy atom. The van der Waals surface area contributed by atoms with Gasteiger partial charge in [0.2, 0.25) is 0 Å². The van der Waals surface area contributed by atoms with Crippen LogP contribution in [0.25, 0.3) is 0 Å². The zero-order valence-corrected chi connectivity index (χ0v) is 4.95. The van der Waals surface area contributed by atoms with Crippen molar-refractivity contribution in [1.29, 1.82) is 0 Å². The van der Waals surface area contributed by atoms with E-state index in [0.29, 0.717) is 0 Å². The van der Waals surface area contributed by atoms with Gasteiger partial charge in [0.1, 0.15) is 6.29 Å². The first-order valence-electron chi connectivity index (χ1n) is 2.46. The van der Waals surface area contributed by atoms with E-state index < -0.39 is 0 Å². The first-order chi connectivity index (χ1) is 3.27. The van der Waals surface area contributed by atoms with Gasteiger partial charge in [-0.2, -0.15) is 12.6 Å². The summed E-state index contributed by atoms with van der Waals surface area (Å²) in [5.74, 6) is 0. The van der Waals surface area contributed by atoms with Crippen molar-refractivity contribution in [3.05, 3.63) is 0 Å². The summed E-state index contributed by atoms with van der Waals surface area (Å²) >= 11 is 4.11. The van der Waals surface area contributed by atoms with E-state index in [1.165, 1.54) is 6.42 Å². The molecule has 0 aromatic rings. The molecule has 1 saturated carbocycles. The van der Waals surface area contributed by atoms with E-state index in [2.05, 4.69) is 12.6 Å². The standard InChI is InChI=1S/C5H8OS/c6-4-5(7)2-1-3-5/h4,7H,1-3H2. The molecule has 0 unspecified atom stereocenters. The number of thiol groups is 1. The lowest BCUT2D eigenvalue weighted by Crippen LogP contribution is -2.31. The highest BCUT2D eigenvalue weighted by atomic mass is 32.1. The third kappa shape index (κ3) is 0.801. The van der Waals surface area contributed by atoms with Gasteiger partial charge in [-0.15, -0.1) is 0 Å². The summed E-state index contributed by atoms with van der Waals surface area (Å²) in [6, 6.07) is 0. The minimum Gasteiger partial charge on any atom is -0.302 e. The lowest BCUT2D eigenvalue weighted by atomic mass is 9.86. The first kappa shape index (κ1) is 5.16. The van der Waals surface area contributed by atoms with Crippen LogP contribution in [0.4, 0.5) is 0 Å². The molecule has 0 atom stereocenters. The second-order valence-corrected chi connectivity index (χ2v) is 2.97. The van der Waals surface area contributed by atoms with Gasteiger partial charge in [0, 0.05) is 0 Å². The average Bonchev–Trinajstić information content (AvgIpc) is 1.61. The molecular formula is C5H8OS. The molecule has 1 nitrogen and oxygen atoms in total. The molecule has 1 aliphatic carbocycles. The Hall–Kier alpha value is 0.0200. The van der Waals surface area contributed by atoms with Crippen molar-refractivity contribution in [2.45, 2.75) is 24.0 Å². The third-order valence-electron chi connectivity index (χ3n) is 1.44. The SMILES string of the molecule is O=CC1(S)CCC1. The molecule has 1 aliphatic rings.